The molecule has 0 fully saturated rings. The summed E-state index contributed by atoms with van der Waals surface area (Å²) in [4.78, 5) is 48.3. The van der Waals surface area contributed by atoms with Gasteiger partial charge in [0.15, 0.2) is 18.0 Å². The van der Waals surface area contributed by atoms with Crippen LogP contribution in [0.5, 0.6) is 0 Å². The molecule has 0 radical (unpaired) electrons. The second-order valence-corrected chi connectivity index (χ2v) is 9.35. The molecule has 4 rings (SSSR count). The second kappa shape index (κ2) is 10.4. The maximum atomic E-state index is 14.4. The van der Waals surface area contributed by atoms with Crippen LogP contribution in [0.15, 0.2) is 52.5 Å². The summed E-state index contributed by atoms with van der Waals surface area (Å²) < 4.78 is 27.5. The van der Waals surface area contributed by atoms with Crippen LogP contribution in [0.4, 0.5) is 26.5 Å². The number of aliphatic imine (C=N–C) groups is 1. The number of nitrogens with one attached hydrogen (secondary N) is 1. The van der Waals surface area contributed by atoms with Crippen LogP contribution in [0, 0.1) is 0 Å². The van der Waals surface area contributed by atoms with E-state index in [9.17, 15) is 18.8 Å². The Morgan fingerprint density at radius 1 is 1.29 bits per heavy atom. The number of carbonyl (C=O) groups excluding carboxylic acids is 2. The summed E-state index contributed by atoms with van der Waals surface area (Å²) in [5, 5.41) is 7.14. The maximum Gasteiger partial charge on any atom is 0.415 e. The zero-order valence-electron chi connectivity index (χ0n) is 21.6. The molecule has 1 aliphatic rings. The van der Waals surface area contributed by atoms with Gasteiger partial charge in [0.05, 0.1) is 12.8 Å². The lowest BCUT2D eigenvalue weighted by Gasteiger charge is -2.25. The minimum absolute atomic E-state index is 0.0587. The highest BCUT2D eigenvalue weighted by molar-refractivity contribution is 5.97. The number of hydrogen-bond donors (Lipinski definition) is 1. The molecule has 0 spiro atoms. The number of pyridine rings is 1. The van der Waals surface area contributed by atoms with Crippen LogP contribution in [0.3, 0.4) is 0 Å². The number of hydrogen-bond acceptors (Lipinski definition) is 9. The standard InChI is InChI=1S/C25H28FN7O5/c1-6-37-23(35)15-14-28-33-19(31(5)24(36)38-25(2,3)4)13-18(30-20(15)33)29-17-10-8-12-32(22(17)34)21-16(26)9-7-11-27-21/h7-14,16,21H,6H2,1-5H3,(H,29,30). The molecule has 0 aromatic carbocycles. The van der Waals surface area contributed by atoms with Crippen LogP contribution in [0.25, 0.3) is 5.65 Å². The van der Waals surface area contributed by atoms with Crippen molar-refractivity contribution in [2.75, 3.05) is 23.9 Å². The predicted molar refractivity (Wildman–Crippen MR) is 139 cm³/mol. The van der Waals surface area contributed by atoms with E-state index in [-0.39, 0.29) is 35.1 Å². The summed E-state index contributed by atoms with van der Waals surface area (Å²) in [6, 6.07) is 4.54. The minimum atomic E-state index is -1.48. The van der Waals surface area contributed by atoms with E-state index in [1.165, 1.54) is 63.9 Å². The SMILES string of the molecule is CCOC(=O)c1cnn2c(N(C)C(=O)OC(C)(C)C)cc(Nc3cccn(C4N=CC=CC4F)c3=O)nc12. The number of amides is 1. The van der Waals surface area contributed by atoms with Gasteiger partial charge in [-0.05, 0) is 52.0 Å². The summed E-state index contributed by atoms with van der Waals surface area (Å²) in [5.41, 5.74) is -1.09. The third kappa shape index (κ3) is 5.41. The number of dihydropyridines is 1. The highest BCUT2D eigenvalue weighted by atomic mass is 19.1. The molecule has 0 bridgehead atoms. The van der Waals surface area contributed by atoms with Crippen LogP contribution in [-0.4, -0.2) is 62.9 Å². The van der Waals surface area contributed by atoms with E-state index in [1.807, 2.05) is 0 Å². The van der Waals surface area contributed by atoms with Crippen molar-refractivity contribution in [1.82, 2.24) is 19.2 Å². The van der Waals surface area contributed by atoms with Gasteiger partial charge in [-0.2, -0.15) is 9.61 Å². The zero-order chi connectivity index (χ0) is 27.6. The lowest BCUT2D eigenvalue weighted by atomic mass is 10.2. The van der Waals surface area contributed by atoms with E-state index < -0.39 is 35.6 Å². The Bertz CT molecular complexity index is 1490. The summed E-state index contributed by atoms with van der Waals surface area (Å²) in [6.45, 7) is 7.00. The maximum absolute atomic E-state index is 14.4. The van der Waals surface area contributed by atoms with Crippen molar-refractivity contribution in [1.29, 1.82) is 0 Å². The molecule has 1 amide bonds. The van der Waals surface area contributed by atoms with Gasteiger partial charge in [-0.15, -0.1) is 0 Å². The Morgan fingerprint density at radius 2 is 2.05 bits per heavy atom. The van der Waals surface area contributed by atoms with Gasteiger partial charge in [0.1, 0.15) is 28.5 Å². The number of anilines is 3. The number of esters is 1. The summed E-state index contributed by atoms with van der Waals surface area (Å²) in [5.74, 6) is -0.339. The van der Waals surface area contributed by atoms with E-state index in [1.54, 1.807) is 33.8 Å². The lowest BCUT2D eigenvalue weighted by Crippen LogP contribution is -2.35. The topological polar surface area (TPSA) is 132 Å². The van der Waals surface area contributed by atoms with Crippen molar-refractivity contribution in [3.63, 3.8) is 0 Å². The van der Waals surface area contributed by atoms with Gasteiger partial charge in [-0.25, -0.2) is 19.0 Å². The molecule has 0 aliphatic carbocycles. The van der Waals surface area contributed by atoms with Gasteiger partial charge in [0.2, 0.25) is 0 Å². The fraction of sp³-hybridized carbons (Fsp3) is 0.360. The number of fused-ring (bicyclic) bond motifs is 1. The van der Waals surface area contributed by atoms with Crippen molar-refractivity contribution in [3.8, 4) is 0 Å². The smallest absolute Gasteiger partial charge is 0.415 e. The highest BCUT2D eigenvalue weighted by Gasteiger charge is 2.26. The van der Waals surface area contributed by atoms with E-state index in [0.29, 0.717) is 0 Å². The fourth-order valence-electron chi connectivity index (χ4n) is 3.68. The van der Waals surface area contributed by atoms with Crippen molar-refractivity contribution in [3.05, 3.63) is 58.7 Å². The first kappa shape index (κ1) is 26.5. The van der Waals surface area contributed by atoms with Crippen LogP contribution in [-0.2, 0) is 9.47 Å². The number of ether oxygens (including phenoxy) is 2. The Balaban J connectivity index is 1.79. The average molecular weight is 526 g/mol. The fourth-order valence-corrected chi connectivity index (χ4v) is 3.68. The number of carbonyl (C=O) groups is 2. The monoisotopic (exact) mass is 525 g/mol. The molecule has 4 heterocycles. The average Bonchev–Trinajstić information content (AvgIpc) is 3.28. The first-order chi connectivity index (χ1) is 18.0. The molecule has 3 aromatic heterocycles. The van der Waals surface area contributed by atoms with Gasteiger partial charge in [0, 0.05) is 25.5 Å². The molecule has 13 heteroatoms. The van der Waals surface area contributed by atoms with E-state index in [0.717, 1.165) is 0 Å². The van der Waals surface area contributed by atoms with Crippen LogP contribution in [0.1, 0.15) is 44.2 Å². The molecular weight excluding hydrogens is 497 g/mol. The molecule has 2 atom stereocenters. The van der Waals surface area contributed by atoms with Crippen molar-refractivity contribution in [2.24, 2.45) is 4.99 Å². The van der Waals surface area contributed by atoms with Gasteiger partial charge < -0.3 is 14.8 Å². The Kier molecular flexibility index (Phi) is 7.28. The first-order valence-corrected chi connectivity index (χ1v) is 11.8. The second-order valence-electron chi connectivity index (χ2n) is 9.35. The van der Waals surface area contributed by atoms with E-state index in [4.69, 9.17) is 9.47 Å². The summed E-state index contributed by atoms with van der Waals surface area (Å²) >= 11 is 0. The molecule has 0 saturated carbocycles. The lowest BCUT2D eigenvalue weighted by molar-refractivity contribution is 0.0527. The highest BCUT2D eigenvalue weighted by Crippen LogP contribution is 2.26. The van der Waals surface area contributed by atoms with Crippen LogP contribution >= 0.6 is 0 Å². The quantitative estimate of drug-likeness (QED) is 0.482. The molecule has 1 aliphatic heterocycles. The molecule has 0 saturated heterocycles. The summed E-state index contributed by atoms with van der Waals surface area (Å²) in [6.07, 6.45) is 3.73. The molecule has 38 heavy (non-hydrogen) atoms. The minimum Gasteiger partial charge on any atom is -0.462 e. The van der Waals surface area contributed by atoms with E-state index >= 15 is 0 Å². The third-order valence-corrected chi connectivity index (χ3v) is 5.39. The van der Waals surface area contributed by atoms with Gasteiger partial charge in [-0.3, -0.25) is 19.3 Å². The van der Waals surface area contributed by atoms with Gasteiger partial charge in [0.25, 0.3) is 5.56 Å². The number of aromatic nitrogens is 4. The molecule has 2 unspecified atom stereocenters. The van der Waals surface area contributed by atoms with Crippen molar-refractivity contribution in [2.45, 2.75) is 45.6 Å². The first-order valence-electron chi connectivity index (χ1n) is 11.8. The Morgan fingerprint density at radius 3 is 2.74 bits per heavy atom. The molecule has 3 aromatic rings. The predicted octanol–water partition coefficient (Wildman–Crippen LogP) is 3.66. The number of halogens is 1. The zero-order valence-corrected chi connectivity index (χ0v) is 21.6. The van der Waals surface area contributed by atoms with E-state index in [2.05, 4.69) is 20.4 Å². The number of rotatable bonds is 6. The number of allylic oxidation sites excluding steroid dienone is 1. The molecule has 200 valence electrons. The molecular formula is C25H28FN7O5. The van der Waals surface area contributed by atoms with Gasteiger partial charge >= 0.3 is 12.1 Å². The summed E-state index contributed by atoms with van der Waals surface area (Å²) in [7, 11) is 1.48. The molecule has 12 nitrogen and oxygen atoms in total. The molecule has 1 N–H and O–H groups in total. The van der Waals surface area contributed by atoms with Crippen LogP contribution in [0.2, 0.25) is 0 Å². The largest absolute Gasteiger partial charge is 0.462 e. The number of nitrogens with zero attached hydrogens (tertiary/aromatic N) is 6. The van der Waals surface area contributed by atoms with Crippen molar-refractivity contribution < 1.29 is 23.5 Å². The van der Waals surface area contributed by atoms with Crippen molar-refractivity contribution >= 4 is 41.2 Å². The Labute approximate surface area is 217 Å². The third-order valence-electron chi connectivity index (χ3n) is 5.39. The van der Waals surface area contributed by atoms with Crippen LogP contribution < -0.4 is 15.8 Å². The Hall–Kier alpha value is -4.55. The normalized spacial score (nSPS) is 16.9. The number of alkyl halides is 1. The van der Waals surface area contributed by atoms with Gasteiger partial charge in [-0.1, -0.05) is 0 Å².